The molecule has 1 aromatic carbocycles. The highest BCUT2D eigenvalue weighted by Gasteiger charge is 2.22. The van der Waals surface area contributed by atoms with Crippen molar-refractivity contribution >= 4 is 35.1 Å². The molecule has 4 nitrogen and oxygen atoms in total. The second-order valence-corrected chi connectivity index (χ2v) is 5.73. The molecule has 0 aliphatic carbocycles. The zero-order valence-electron chi connectivity index (χ0n) is 12.7. The van der Waals surface area contributed by atoms with Gasteiger partial charge in [-0.1, -0.05) is 62.0 Å². The molecule has 0 aliphatic rings. The van der Waals surface area contributed by atoms with Crippen LogP contribution in [-0.2, 0) is 9.47 Å². The van der Waals surface area contributed by atoms with E-state index in [1.165, 1.54) is 12.1 Å². The van der Waals surface area contributed by atoms with Crippen LogP contribution in [-0.4, -0.2) is 23.1 Å². The van der Waals surface area contributed by atoms with Crippen molar-refractivity contribution in [3.63, 3.8) is 0 Å². The van der Waals surface area contributed by atoms with Crippen molar-refractivity contribution in [2.75, 3.05) is 0 Å². The number of hydrogen-bond donors (Lipinski definition) is 0. The van der Waals surface area contributed by atoms with Gasteiger partial charge in [-0.2, -0.15) is 0 Å². The van der Waals surface area contributed by atoms with Crippen LogP contribution in [0, 0.1) is 0 Å². The maximum atomic E-state index is 12.1. The second kappa shape index (κ2) is 9.70. The SMILES string of the molecule is CCCC(Cl)OC(=O)c1ccccc1C(=O)OC(Cl)CCC. The average Bonchev–Trinajstić information content (AvgIpc) is 2.47. The Morgan fingerprint density at radius 2 is 1.27 bits per heavy atom. The third-order valence-electron chi connectivity index (χ3n) is 2.87. The minimum Gasteiger partial charge on any atom is -0.442 e. The molecule has 122 valence electrons. The van der Waals surface area contributed by atoms with Gasteiger partial charge in [0, 0.05) is 0 Å². The molecule has 0 bridgehead atoms. The Hall–Kier alpha value is -1.26. The summed E-state index contributed by atoms with van der Waals surface area (Å²) in [4.78, 5) is 24.2. The first-order valence-corrected chi connectivity index (χ1v) is 8.16. The van der Waals surface area contributed by atoms with Gasteiger partial charge in [0.2, 0.25) is 0 Å². The number of hydrogen-bond acceptors (Lipinski definition) is 4. The van der Waals surface area contributed by atoms with Crippen LogP contribution in [0.2, 0.25) is 0 Å². The Morgan fingerprint density at radius 1 is 0.909 bits per heavy atom. The molecule has 0 spiro atoms. The summed E-state index contributed by atoms with van der Waals surface area (Å²) < 4.78 is 10.2. The summed E-state index contributed by atoms with van der Waals surface area (Å²) in [6, 6.07) is 6.27. The van der Waals surface area contributed by atoms with Crippen LogP contribution in [0.15, 0.2) is 24.3 Å². The van der Waals surface area contributed by atoms with Crippen molar-refractivity contribution in [3.8, 4) is 0 Å². The van der Waals surface area contributed by atoms with E-state index in [1.807, 2.05) is 13.8 Å². The molecule has 1 rings (SSSR count). The highest BCUT2D eigenvalue weighted by Crippen LogP contribution is 2.18. The lowest BCUT2D eigenvalue weighted by molar-refractivity contribution is 0.0387. The summed E-state index contributed by atoms with van der Waals surface area (Å²) in [5.41, 5.74) is -1.20. The van der Waals surface area contributed by atoms with Crippen LogP contribution in [0.5, 0.6) is 0 Å². The van der Waals surface area contributed by atoms with Crippen molar-refractivity contribution in [2.24, 2.45) is 0 Å². The fraction of sp³-hybridized carbons (Fsp3) is 0.500. The number of ether oxygens (including phenoxy) is 2. The summed E-state index contributed by atoms with van der Waals surface area (Å²) in [6.45, 7) is 3.87. The number of benzene rings is 1. The molecule has 0 saturated heterocycles. The monoisotopic (exact) mass is 346 g/mol. The molecule has 22 heavy (non-hydrogen) atoms. The second-order valence-electron chi connectivity index (χ2n) is 4.75. The number of alkyl halides is 2. The van der Waals surface area contributed by atoms with Crippen molar-refractivity contribution < 1.29 is 19.1 Å². The zero-order valence-corrected chi connectivity index (χ0v) is 14.2. The molecular weight excluding hydrogens is 327 g/mol. The lowest BCUT2D eigenvalue weighted by atomic mass is 10.1. The van der Waals surface area contributed by atoms with E-state index in [0.717, 1.165) is 12.8 Å². The van der Waals surface area contributed by atoms with Crippen LogP contribution in [0.3, 0.4) is 0 Å². The highest BCUT2D eigenvalue weighted by molar-refractivity contribution is 6.21. The fourth-order valence-corrected chi connectivity index (χ4v) is 2.37. The molecule has 0 radical (unpaired) electrons. The fourth-order valence-electron chi connectivity index (χ4n) is 1.77. The zero-order chi connectivity index (χ0) is 16.5. The van der Waals surface area contributed by atoms with Crippen molar-refractivity contribution in [2.45, 2.75) is 50.7 Å². The van der Waals surface area contributed by atoms with Crippen molar-refractivity contribution in [3.05, 3.63) is 35.4 Å². The molecule has 6 heteroatoms. The van der Waals surface area contributed by atoms with Gasteiger partial charge in [-0.05, 0) is 25.0 Å². The smallest absolute Gasteiger partial charge is 0.340 e. The van der Waals surface area contributed by atoms with Gasteiger partial charge in [0.25, 0.3) is 0 Å². The quantitative estimate of drug-likeness (QED) is 0.504. The summed E-state index contributed by atoms with van der Waals surface area (Å²) in [5, 5.41) is 0. The van der Waals surface area contributed by atoms with Crippen molar-refractivity contribution in [1.29, 1.82) is 0 Å². The topological polar surface area (TPSA) is 52.6 Å². The largest absolute Gasteiger partial charge is 0.442 e. The van der Waals surface area contributed by atoms with E-state index >= 15 is 0 Å². The minimum atomic E-state index is -0.720. The molecule has 1 aromatic rings. The van der Waals surface area contributed by atoms with Crippen LogP contribution in [0.4, 0.5) is 0 Å². The molecule has 0 heterocycles. The molecule has 2 unspecified atom stereocenters. The van der Waals surface area contributed by atoms with E-state index in [9.17, 15) is 9.59 Å². The molecule has 0 N–H and O–H groups in total. The lowest BCUT2D eigenvalue weighted by Gasteiger charge is -2.14. The lowest BCUT2D eigenvalue weighted by Crippen LogP contribution is -2.19. The summed E-state index contributed by atoms with van der Waals surface area (Å²) >= 11 is 11.8. The van der Waals surface area contributed by atoms with Crippen LogP contribution in [0.1, 0.15) is 60.2 Å². The Balaban J connectivity index is 2.84. The first-order chi connectivity index (χ1) is 10.5. The first-order valence-electron chi connectivity index (χ1n) is 7.28. The van der Waals surface area contributed by atoms with Gasteiger partial charge >= 0.3 is 11.9 Å². The summed E-state index contributed by atoms with van der Waals surface area (Å²) in [7, 11) is 0. The van der Waals surface area contributed by atoms with Crippen LogP contribution in [0.25, 0.3) is 0 Å². The van der Waals surface area contributed by atoms with E-state index in [1.54, 1.807) is 12.1 Å². The summed E-state index contributed by atoms with van der Waals surface area (Å²) in [6.07, 6.45) is 2.66. The highest BCUT2D eigenvalue weighted by atomic mass is 35.5. The maximum absolute atomic E-state index is 12.1. The molecular formula is C16H20Cl2O4. The molecule has 0 fully saturated rings. The standard InChI is InChI=1S/C16H20Cl2O4/c1-3-7-13(17)21-15(19)11-9-5-6-10-12(11)16(20)22-14(18)8-4-2/h5-6,9-10,13-14H,3-4,7-8H2,1-2H3. The Kier molecular flexibility index (Phi) is 8.28. The Morgan fingerprint density at radius 3 is 1.59 bits per heavy atom. The van der Waals surface area contributed by atoms with E-state index in [0.29, 0.717) is 12.8 Å². The predicted octanol–water partition coefficient (Wildman–Crippen LogP) is 4.73. The van der Waals surface area contributed by atoms with Gasteiger partial charge in [-0.25, -0.2) is 9.59 Å². The van der Waals surface area contributed by atoms with Gasteiger partial charge in [0.05, 0.1) is 11.1 Å². The molecule has 0 aliphatic heterocycles. The van der Waals surface area contributed by atoms with Gasteiger partial charge in [-0.15, -0.1) is 0 Å². The number of rotatable bonds is 8. The number of carbonyl (C=O) groups excluding carboxylic acids is 2. The van der Waals surface area contributed by atoms with Gasteiger partial charge in [0.15, 0.2) is 11.1 Å². The number of halogens is 2. The van der Waals surface area contributed by atoms with E-state index in [2.05, 4.69) is 0 Å². The molecule has 2 atom stereocenters. The third kappa shape index (κ3) is 5.85. The van der Waals surface area contributed by atoms with Crippen LogP contribution < -0.4 is 0 Å². The van der Waals surface area contributed by atoms with Gasteiger partial charge in [-0.3, -0.25) is 0 Å². The van der Waals surface area contributed by atoms with Gasteiger partial charge < -0.3 is 9.47 Å². The predicted molar refractivity (Wildman–Crippen MR) is 86.4 cm³/mol. The van der Waals surface area contributed by atoms with Crippen molar-refractivity contribution in [1.82, 2.24) is 0 Å². The number of esters is 2. The molecule has 0 amide bonds. The molecule has 0 aromatic heterocycles. The maximum Gasteiger partial charge on any atom is 0.340 e. The number of carbonyl (C=O) groups is 2. The van der Waals surface area contributed by atoms with E-state index < -0.39 is 23.1 Å². The molecule has 0 saturated carbocycles. The minimum absolute atomic E-state index is 0.120. The normalized spacial score (nSPS) is 13.3. The van der Waals surface area contributed by atoms with Gasteiger partial charge in [0.1, 0.15) is 0 Å². The summed E-state index contributed by atoms with van der Waals surface area (Å²) in [5.74, 6) is -1.30. The first kappa shape index (κ1) is 18.8. The average molecular weight is 347 g/mol. The van der Waals surface area contributed by atoms with E-state index in [-0.39, 0.29) is 11.1 Å². The Bertz CT molecular complexity index is 460. The van der Waals surface area contributed by atoms with Crippen LogP contribution >= 0.6 is 23.2 Å². The third-order valence-corrected chi connectivity index (χ3v) is 3.48. The Labute approximate surface area is 140 Å². The van der Waals surface area contributed by atoms with E-state index in [4.69, 9.17) is 32.7 Å².